The smallest absolute Gasteiger partial charge is 0.0807 e. The summed E-state index contributed by atoms with van der Waals surface area (Å²) in [7, 11) is 0. The number of thiophene rings is 1. The van der Waals surface area contributed by atoms with Crippen LogP contribution in [-0.2, 0) is 6.42 Å². The van der Waals surface area contributed by atoms with E-state index in [1.165, 1.54) is 26.9 Å². The zero-order valence-electron chi connectivity index (χ0n) is 11.1. The van der Waals surface area contributed by atoms with Gasteiger partial charge in [0.15, 0.2) is 0 Å². The summed E-state index contributed by atoms with van der Waals surface area (Å²) in [6.45, 7) is 7.42. The second-order valence-electron chi connectivity index (χ2n) is 4.32. The largest absolute Gasteiger partial charge is 0.306 e. The number of aryl methyl sites for hydroxylation is 2. The molecule has 5 heteroatoms. The van der Waals surface area contributed by atoms with Crippen LogP contribution in [0.4, 0.5) is 0 Å². The maximum Gasteiger partial charge on any atom is 0.0807 e. The van der Waals surface area contributed by atoms with Crippen LogP contribution in [0, 0.1) is 6.92 Å². The average molecular weight is 281 g/mol. The third-order valence-corrected chi connectivity index (χ3v) is 4.54. The van der Waals surface area contributed by atoms with Gasteiger partial charge >= 0.3 is 0 Å². The average Bonchev–Trinajstić information content (AvgIpc) is 2.96. The van der Waals surface area contributed by atoms with Crippen LogP contribution in [0.2, 0.25) is 0 Å². The molecule has 0 radical (unpaired) electrons. The van der Waals surface area contributed by atoms with Gasteiger partial charge in [0.1, 0.15) is 0 Å². The van der Waals surface area contributed by atoms with E-state index in [1.807, 2.05) is 0 Å². The minimum Gasteiger partial charge on any atom is -0.306 e. The van der Waals surface area contributed by atoms with Crippen LogP contribution >= 0.6 is 22.9 Å². The summed E-state index contributed by atoms with van der Waals surface area (Å²) >= 11 is 3.32. The fourth-order valence-corrected chi connectivity index (χ4v) is 3.56. The van der Waals surface area contributed by atoms with Crippen LogP contribution in [0.1, 0.15) is 47.3 Å². The van der Waals surface area contributed by atoms with Crippen molar-refractivity contribution < 1.29 is 0 Å². The van der Waals surface area contributed by atoms with E-state index in [1.54, 1.807) is 11.3 Å². The van der Waals surface area contributed by atoms with Gasteiger partial charge in [-0.3, -0.25) is 0 Å². The SMILES string of the molecule is CCCc1nnsc1C(NCC)c1csc(C)c1. The molecule has 0 aliphatic carbocycles. The van der Waals surface area contributed by atoms with Crippen LogP contribution in [0.5, 0.6) is 0 Å². The highest BCUT2D eigenvalue weighted by atomic mass is 32.1. The first-order chi connectivity index (χ1) is 8.76. The first-order valence-electron chi connectivity index (χ1n) is 6.35. The van der Waals surface area contributed by atoms with Gasteiger partial charge in [-0.25, -0.2) is 0 Å². The number of nitrogens with one attached hydrogen (secondary N) is 1. The van der Waals surface area contributed by atoms with Gasteiger partial charge in [0.05, 0.1) is 16.6 Å². The lowest BCUT2D eigenvalue weighted by atomic mass is 10.1. The van der Waals surface area contributed by atoms with Crippen LogP contribution in [0.3, 0.4) is 0 Å². The molecular formula is C13H19N3S2. The minimum atomic E-state index is 0.251. The maximum atomic E-state index is 4.27. The molecule has 0 fully saturated rings. The van der Waals surface area contributed by atoms with Crippen LogP contribution in [-0.4, -0.2) is 16.1 Å². The number of rotatable bonds is 6. The summed E-state index contributed by atoms with van der Waals surface area (Å²) in [5.74, 6) is 0. The predicted octanol–water partition coefficient (Wildman–Crippen LogP) is 3.56. The van der Waals surface area contributed by atoms with E-state index in [4.69, 9.17) is 0 Å². The molecule has 98 valence electrons. The molecule has 0 bridgehead atoms. The van der Waals surface area contributed by atoms with Crippen molar-refractivity contribution in [3.05, 3.63) is 32.5 Å². The van der Waals surface area contributed by atoms with E-state index >= 15 is 0 Å². The monoisotopic (exact) mass is 281 g/mol. The molecule has 2 rings (SSSR count). The summed E-state index contributed by atoms with van der Waals surface area (Å²) in [5, 5.41) is 10.1. The molecule has 0 aliphatic rings. The number of hydrogen-bond acceptors (Lipinski definition) is 5. The van der Waals surface area contributed by atoms with Gasteiger partial charge in [-0.15, -0.1) is 16.4 Å². The molecule has 0 aromatic carbocycles. The van der Waals surface area contributed by atoms with Crippen molar-refractivity contribution in [1.82, 2.24) is 14.9 Å². The van der Waals surface area contributed by atoms with Gasteiger partial charge in [0.25, 0.3) is 0 Å². The summed E-state index contributed by atoms with van der Waals surface area (Å²) in [5.41, 5.74) is 2.49. The number of hydrogen-bond donors (Lipinski definition) is 1. The van der Waals surface area contributed by atoms with Gasteiger partial charge in [-0.05, 0) is 48.4 Å². The van der Waals surface area contributed by atoms with E-state index in [-0.39, 0.29) is 6.04 Å². The van der Waals surface area contributed by atoms with Crippen molar-refractivity contribution in [1.29, 1.82) is 0 Å². The van der Waals surface area contributed by atoms with Gasteiger partial charge in [0, 0.05) is 4.88 Å². The highest BCUT2D eigenvalue weighted by Gasteiger charge is 2.20. The summed E-state index contributed by atoms with van der Waals surface area (Å²) in [4.78, 5) is 2.62. The molecule has 2 aromatic heterocycles. The van der Waals surface area contributed by atoms with Crippen molar-refractivity contribution in [3.8, 4) is 0 Å². The normalized spacial score (nSPS) is 12.8. The second-order valence-corrected chi connectivity index (χ2v) is 6.22. The Kier molecular flexibility index (Phi) is 4.86. The van der Waals surface area contributed by atoms with Crippen LogP contribution in [0.25, 0.3) is 0 Å². The maximum absolute atomic E-state index is 4.27. The summed E-state index contributed by atoms with van der Waals surface area (Å²) in [6, 6.07) is 2.51. The first kappa shape index (κ1) is 13.6. The molecule has 0 spiro atoms. The molecule has 1 atom stereocenters. The first-order valence-corrected chi connectivity index (χ1v) is 8.01. The Labute approximate surface area is 116 Å². The Balaban J connectivity index is 2.31. The molecule has 18 heavy (non-hydrogen) atoms. The molecular weight excluding hydrogens is 262 g/mol. The molecule has 0 amide bonds. The van der Waals surface area contributed by atoms with E-state index < -0.39 is 0 Å². The van der Waals surface area contributed by atoms with E-state index in [9.17, 15) is 0 Å². The fraction of sp³-hybridized carbons (Fsp3) is 0.538. The fourth-order valence-electron chi connectivity index (χ4n) is 2.03. The highest BCUT2D eigenvalue weighted by molar-refractivity contribution is 7.10. The second kappa shape index (κ2) is 6.41. The zero-order chi connectivity index (χ0) is 13.0. The van der Waals surface area contributed by atoms with Gasteiger partial charge in [0.2, 0.25) is 0 Å². The molecule has 1 N–H and O–H groups in total. The van der Waals surface area contributed by atoms with Crippen molar-refractivity contribution >= 4 is 22.9 Å². The lowest BCUT2D eigenvalue weighted by Gasteiger charge is -2.15. The molecule has 0 saturated heterocycles. The van der Waals surface area contributed by atoms with Gasteiger partial charge < -0.3 is 5.32 Å². The minimum absolute atomic E-state index is 0.251. The van der Waals surface area contributed by atoms with Gasteiger partial charge in [-0.1, -0.05) is 24.8 Å². The third kappa shape index (κ3) is 2.96. The molecule has 2 heterocycles. The highest BCUT2D eigenvalue weighted by Crippen LogP contribution is 2.30. The predicted molar refractivity (Wildman–Crippen MR) is 78.5 cm³/mol. The molecule has 0 saturated carbocycles. The van der Waals surface area contributed by atoms with Gasteiger partial charge in [-0.2, -0.15) is 0 Å². The molecule has 2 aromatic rings. The lowest BCUT2D eigenvalue weighted by Crippen LogP contribution is -2.21. The third-order valence-electron chi connectivity index (χ3n) is 2.83. The Morgan fingerprint density at radius 3 is 2.83 bits per heavy atom. The van der Waals surface area contributed by atoms with E-state index in [0.29, 0.717) is 0 Å². The Bertz CT molecular complexity index is 490. The Morgan fingerprint density at radius 1 is 1.39 bits per heavy atom. The topological polar surface area (TPSA) is 37.8 Å². The zero-order valence-corrected chi connectivity index (χ0v) is 12.7. The van der Waals surface area contributed by atoms with Crippen LogP contribution < -0.4 is 5.32 Å². The summed E-state index contributed by atoms with van der Waals surface area (Å²) < 4.78 is 4.13. The van der Waals surface area contributed by atoms with Crippen molar-refractivity contribution in [2.75, 3.05) is 6.54 Å². The quantitative estimate of drug-likeness (QED) is 0.879. The van der Waals surface area contributed by atoms with Crippen molar-refractivity contribution in [2.45, 2.75) is 39.7 Å². The van der Waals surface area contributed by atoms with Crippen LogP contribution in [0.15, 0.2) is 11.4 Å². The van der Waals surface area contributed by atoms with E-state index in [2.05, 4.69) is 47.1 Å². The number of aromatic nitrogens is 2. The van der Waals surface area contributed by atoms with E-state index in [0.717, 1.165) is 25.1 Å². The lowest BCUT2D eigenvalue weighted by molar-refractivity contribution is 0.632. The molecule has 3 nitrogen and oxygen atoms in total. The molecule has 0 aliphatic heterocycles. The Hall–Kier alpha value is -0.780. The van der Waals surface area contributed by atoms with Crippen molar-refractivity contribution in [2.24, 2.45) is 0 Å². The number of nitrogens with zero attached hydrogens (tertiary/aromatic N) is 2. The standard InChI is InChI=1S/C13H19N3S2/c1-4-6-11-13(18-16-15-11)12(14-5-2)10-7-9(3)17-8-10/h7-8,12,14H,4-6H2,1-3H3. The van der Waals surface area contributed by atoms with Crippen molar-refractivity contribution in [3.63, 3.8) is 0 Å². The Morgan fingerprint density at radius 2 is 2.22 bits per heavy atom. The summed E-state index contributed by atoms with van der Waals surface area (Å²) in [6.07, 6.45) is 2.12. The molecule has 1 unspecified atom stereocenters.